The lowest BCUT2D eigenvalue weighted by atomic mass is 10.1. The first-order chi connectivity index (χ1) is 8.20. The number of carbonyl (C=O) groups excluding carboxylic acids is 2. The number of hydrogen-bond acceptors (Lipinski definition) is 5. The highest BCUT2D eigenvalue weighted by molar-refractivity contribution is 6.39. The van der Waals surface area contributed by atoms with E-state index in [1.807, 2.05) is 0 Å². The van der Waals surface area contributed by atoms with Gasteiger partial charge < -0.3 is 14.7 Å². The first-order valence-corrected chi connectivity index (χ1v) is 5.58. The van der Waals surface area contributed by atoms with Gasteiger partial charge in [-0.25, -0.2) is 5.43 Å². The molecule has 1 atom stereocenters. The fourth-order valence-electron chi connectivity index (χ4n) is 1.83. The number of rotatable bonds is 2. The fraction of sp³-hybridized carbons (Fsp3) is 0.700. The van der Waals surface area contributed by atoms with E-state index in [-0.39, 0.29) is 24.5 Å². The summed E-state index contributed by atoms with van der Waals surface area (Å²) < 4.78 is 5.26. The van der Waals surface area contributed by atoms with Crippen LogP contribution in [0.25, 0.3) is 0 Å². The Morgan fingerprint density at radius 1 is 1.59 bits per heavy atom. The fourth-order valence-corrected chi connectivity index (χ4v) is 1.83. The summed E-state index contributed by atoms with van der Waals surface area (Å²) in [7, 11) is 0. The number of aliphatic hydroxyl groups excluding tert-OH is 1. The summed E-state index contributed by atoms with van der Waals surface area (Å²) in [6.45, 7) is 1.16. The minimum atomic E-state index is -0.327. The Morgan fingerprint density at radius 2 is 2.41 bits per heavy atom. The number of aliphatic hydroxyl groups is 1. The Kier molecular flexibility index (Phi) is 3.70. The maximum atomic E-state index is 12.0. The molecule has 0 aliphatic carbocycles. The van der Waals surface area contributed by atoms with Crippen molar-refractivity contribution in [1.82, 2.24) is 10.3 Å². The van der Waals surface area contributed by atoms with Crippen molar-refractivity contribution in [2.24, 2.45) is 5.10 Å². The normalized spacial score (nSPS) is 25.2. The summed E-state index contributed by atoms with van der Waals surface area (Å²) in [5, 5.41) is 12.7. The van der Waals surface area contributed by atoms with Crippen LogP contribution in [0.1, 0.15) is 12.8 Å². The number of nitrogens with one attached hydrogen (secondary N) is 1. The zero-order chi connectivity index (χ0) is 12.3. The van der Waals surface area contributed by atoms with Crippen LogP contribution < -0.4 is 5.43 Å². The first kappa shape index (κ1) is 12.0. The van der Waals surface area contributed by atoms with E-state index in [1.54, 1.807) is 4.90 Å². The van der Waals surface area contributed by atoms with Crippen LogP contribution >= 0.6 is 0 Å². The second-order valence-electron chi connectivity index (χ2n) is 4.02. The smallest absolute Gasteiger partial charge is 0.270 e. The number of nitrogens with zero attached hydrogens (tertiary/aromatic N) is 2. The van der Waals surface area contributed by atoms with Gasteiger partial charge in [-0.3, -0.25) is 9.59 Å². The maximum absolute atomic E-state index is 12.0. The molecule has 0 aromatic carbocycles. The van der Waals surface area contributed by atoms with Crippen LogP contribution in [0.5, 0.6) is 0 Å². The monoisotopic (exact) mass is 241 g/mol. The molecule has 0 bridgehead atoms. The molecule has 0 aromatic rings. The van der Waals surface area contributed by atoms with Gasteiger partial charge >= 0.3 is 0 Å². The Labute approximate surface area is 98.4 Å². The third kappa shape index (κ3) is 2.80. The van der Waals surface area contributed by atoms with E-state index >= 15 is 0 Å². The highest BCUT2D eigenvalue weighted by Gasteiger charge is 2.28. The highest BCUT2D eigenvalue weighted by Crippen LogP contribution is 2.09. The van der Waals surface area contributed by atoms with Gasteiger partial charge in [0.25, 0.3) is 5.91 Å². The summed E-state index contributed by atoms with van der Waals surface area (Å²) in [5.41, 5.74) is 2.66. The molecule has 2 amide bonds. The van der Waals surface area contributed by atoms with Crippen LogP contribution in [0.2, 0.25) is 0 Å². The van der Waals surface area contributed by atoms with Crippen LogP contribution in [0.15, 0.2) is 5.10 Å². The van der Waals surface area contributed by atoms with Gasteiger partial charge in [-0.05, 0) is 0 Å². The standard InChI is InChI=1S/C10H15N3O4/c14-6-7-5-13(3-4-17-7)10(16)8-1-2-9(15)12-11-8/h7,14H,1-6H2,(H,12,15). The molecule has 2 aliphatic rings. The molecule has 1 unspecified atom stereocenters. The average Bonchev–Trinajstić information content (AvgIpc) is 2.39. The maximum Gasteiger partial charge on any atom is 0.270 e. The van der Waals surface area contributed by atoms with Gasteiger partial charge in [-0.15, -0.1) is 0 Å². The van der Waals surface area contributed by atoms with Gasteiger partial charge in [-0.2, -0.15) is 5.10 Å². The van der Waals surface area contributed by atoms with E-state index in [2.05, 4.69) is 10.5 Å². The van der Waals surface area contributed by atoms with Crippen molar-refractivity contribution >= 4 is 17.5 Å². The number of hydrazone groups is 1. The van der Waals surface area contributed by atoms with Crippen molar-refractivity contribution in [3.8, 4) is 0 Å². The molecular formula is C10H15N3O4. The Bertz CT molecular complexity index is 355. The minimum Gasteiger partial charge on any atom is -0.394 e. The molecule has 1 fully saturated rings. The molecule has 17 heavy (non-hydrogen) atoms. The predicted molar refractivity (Wildman–Crippen MR) is 58.2 cm³/mol. The molecule has 2 aliphatic heterocycles. The van der Waals surface area contributed by atoms with E-state index in [1.165, 1.54) is 0 Å². The van der Waals surface area contributed by atoms with Crippen molar-refractivity contribution in [3.05, 3.63) is 0 Å². The van der Waals surface area contributed by atoms with Gasteiger partial charge in [0.15, 0.2) is 0 Å². The van der Waals surface area contributed by atoms with Crippen LogP contribution in [0, 0.1) is 0 Å². The second-order valence-corrected chi connectivity index (χ2v) is 4.02. The van der Waals surface area contributed by atoms with Gasteiger partial charge in [-0.1, -0.05) is 0 Å². The third-order valence-electron chi connectivity index (χ3n) is 2.78. The highest BCUT2D eigenvalue weighted by atomic mass is 16.5. The zero-order valence-electron chi connectivity index (χ0n) is 9.39. The number of morpholine rings is 1. The quantitative estimate of drug-likeness (QED) is 0.613. The number of ether oxygens (including phenoxy) is 1. The molecule has 94 valence electrons. The van der Waals surface area contributed by atoms with Crippen molar-refractivity contribution in [1.29, 1.82) is 0 Å². The summed E-state index contributed by atoms with van der Waals surface area (Å²) in [6.07, 6.45) is 0.330. The predicted octanol–water partition coefficient (Wildman–Crippen LogP) is -1.53. The minimum absolute atomic E-state index is 0.104. The van der Waals surface area contributed by atoms with Gasteiger partial charge in [0.1, 0.15) is 5.71 Å². The number of carbonyl (C=O) groups is 2. The van der Waals surface area contributed by atoms with E-state index in [0.717, 1.165) is 0 Å². The van der Waals surface area contributed by atoms with Crippen LogP contribution in [-0.2, 0) is 14.3 Å². The lowest BCUT2D eigenvalue weighted by Gasteiger charge is -2.32. The lowest BCUT2D eigenvalue weighted by Crippen LogP contribution is -2.50. The average molecular weight is 241 g/mol. The Balaban J connectivity index is 1.97. The zero-order valence-corrected chi connectivity index (χ0v) is 9.39. The molecule has 2 N–H and O–H groups in total. The molecule has 0 radical (unpaired) electrons. The molecule has 0 aromatic heterocycles. The molecule has 2 rings (SSSR count). The molecule has 7 nitrogen and oxygen atoms in total. The molecule has 2 heterocycles. The second kappa shape index (κ2) is 5.24. The Morgan fingerprint density at radius 3 is 3.06 bits per heavy atom. The van der Waals surface area contributed by atoms with E-state index in [9.17, 15) is 9.59 Å². The summed E-state index contributed by atoms with van der Waals surface area (Å²) in [6, 6.07) is 0. The number of hydrogen-bond donors (Lipinski definition) is 2. The summed E-state index contributed by atoms with van der Waals surface area (Å²) in [4.78, 5) is 24.5. The Hall–Kier alpha value is -1.47. The van der Waals surface area contributed by atoms with Crippen LogP contribution in [0.3, 0.4) is 0 Å². The van der Waals surface area contributed by atoms with Gasteiger partial charge in [0.05, 0.1) is 19.3 Å². The van der Waals surface area contributed by atoms with Crippen LogP contribution in [-0.4, -0.2) is 59.9 Å². The number of amides is 2. The summed E-state index contributed by atoms with van der Waals surface area (Å²) >= 11 is 0. The summed E-state index contributed by atoms with van der Waals surface area (Å²) in [5.74, 6) is -0.358. The van der Waals surface area contributed by atoms with E-state index in [0.29, 0.717) is 38.2 Å². The largest absolute Gasteiger partial charge is 0.394 e. The molecule has 0 saturated carbocycles. The van der Waals surface area contributed by atoms with Crippen molar-refractivity contribution in [3.63, 3.8) is 0 Å². The molecule has 7 heteroatoms. The van der Waals surface area contributed by atoms with Crippen LogP contribution in [0.4, 0.5) is 0 Å². The first-order valence-electron chi connectivity index (χ1n) is 5.58. The van der Waals surface area contributed by atoms with Gasteiger partial charge in [0.2, 0.25) is 5.91 Å². The van der Waals surface area contributed by atoms with E-state index in [4.69, 9.17) is 9.84 Å². The van der Waals surface area contributed by atoms with E-state index < -0.39 is 0 Å². The topological polar surface area (TPSA) is 91.2 Å². The van der Waals surface area contributed by atoms with Crippen molar-refractivity contribution in [2.45, 2.75) is 18.9 Å². The molecule has 1 saturated heterocycles. The lowest BCUT2D eigenvalue weighted by molar-refractivity contribution is -0.133. The molecule has 0 spiro atoms. The van der Waals surface area contributed by atoms with Crippen molar-refractivity contribution in [2.75, 3.05) is 26.3 Å². The SMILES string of the molecule is O=C1CCC(C(=O)N2CCOC(CO)C2)=NN1. The van der Waals surface area contributed by atoms with Crippen molar-refractivity contribution < 1.29 is 19.4 Å². The molecular weight excluding hydrogens is 226 g/mol. The van der Waals surface area contributed by atoms with Gasteiger partial charge in [0, 0.05) is 25.9 Å². The third-order valence-corrected chi connectivity index (χ3v) is 2.78.